The van der Waals surface area contributed by atoms with Gasteiger partial charge in [0.1, 0.15) is 0 Å². The summed E-state index contributed by atoms with van der Waals surface area (Å²) in [5, 5.41) is 28.4. The van der Waals surface area contributed by atoms with Gasteiger partial charge in [0.25, 0.3) is 0 Å². The van der Waals surface area contributed by atoms with E-state index in [1.54, 1.807) is 6.92 Å². The van der Waals surface area contributed by atoms with Gasteiger partial charge >= 0.3 is 0 Å². The van der Waals surface area contributed by atoms with Gasteiger partial charge in [-0.3, -0.25) is 33.6 Å². The smallest absolute Gasteiger partial charge is 0.220 e. The van der Waals surface area contributed by atoms with E-state index in [-0.39, 0.29) is 82.2 Å². The van der Waals surface area contributed by atoms with Crippen molar-refractivity contribution in [3.8, 4) is 0 Å². The molecule has 18 N–H and O–H groups in total. The van der Waals surface area contributed by atoms with E-state index in [0.29, 0.717) is 18.5 Å². The molecule has 0 aromatic heterocycles. The zero-order chi connectivity index (χ0) is 50.4. The molecule has 5 heterocycles. The van der Waals surface area contributed by atoms with E-state index in [9.17, 15) is 38.7 Å². The van der Waals surface area contributed by atoms with E-state index < -0.39 is 105 Å². The topological polar surface area (TPSA) is 356 Å². The first-order valence-corrected chi connectivity index (χ1v) is 23.8. The molecule has 5 rings (SSSR count). The molecule has 19 nitrogen and oxygen atoms in total. The summed E-state index contributed by atoms with van der Waals surface area (Å²) in [6.07, 6.45) is 2.26. The zero-order valence-electron chi connectivity index (χ0n) is 41.0. The Morgan fingerprint density at radius 1 is 0.672 bits per heavy atom. The van der Waals surface area contributed by atoms with E-state index >= 15 is 0 Å². The van der Waals surface area contributed by atoms with Gasteiger partial charge < -0.3 is 66.1 Å². The summed E-state index contributed by atoms with van der Waals surface area (Å²) in [5.74, 6) is -5.39. The molecule has 13 atom stereocenters. The average molecular weight is 938 g/mol. The van der Waals surface area contributed by atoms with E-state index in [1.165, 1.54) is 0 Å². The highest BCUT2D eigenvalue weighted by Gasteiger charge is 2.68. The summed E-state index contributed by atoms with van der Waals surface area (Å²) in [5.41, 5.74) is 35.3. The number of hydrogen-bond acceptors (Lipinski definition) is 12. The quantitative estimate of drug-likeness (QED) is 0.0784. The van der Waals surface area contributed by atoms with Crippen molar-refractivity contribution in [1.29, 1.82) is 0 Å². The molecule has 0 aromatic carbocycles. The Bertz CT molecular complexity index is 2120. The van der Waals surface area contributed by atoms with Crippen LogP contribution in [-0.4, -0.2) is 88.8 Å². The molecule has 0 saturated carbocycles. The van der Waals surface area contributed by atoms with Crippen molar-refractivity contribution in [2.75, 3.05) is 6.54 Å². The minimum atomic E-state index is -1.16. The van der Waals surface area contributed by atoms with E-state index in [0.717, 1.165) is 22.5 Å². The van der Waals surface area contributed by atoms with Crippen LogP contribution in [0.1, 0.15) is 133 Å². The molecule has 0 spiro atoms. The normalized spacial score (nSPS) is 38.5. The number of primary amides is 6. The maximum absolute atomic E-state index is 13.5. The lowest BCUT2D eigenvalue weighted by Gasteiger charge is -2.49. The molecular weight excluding hydrogens is 859 g/mol. The lowest BCUT2D eigenvalue weighted by atomic mass is 9.56. The molecule has 67 heavy (non-hydrogen) atoms. The molecule has 5 aliphatic rings. The molecule has 3 unspecified atom stereocenters. The van der Waals surface area contributed by atoms with Crippen LogP contribution in [0, 0.1) is 45.3 Å². The number of nitrogens with one attached hydrogen (secondary N) is 5. The van der Waals surface area contributed by atoms with Crippen LogP contribution in [0.4, 0.5) is 0 Å². The Morgan fingerprint density at radius 2 is 1.21 bits per heavy atom. The largest absolute Gasteiger partial charge is 0.392 e. The van der Waals surface area contributed by atoms with Crippen molar-refractivity contribution < 1.29 is 38.7 Å². The molecular formula is C48H79N11O8. The monoisotopic (exact) mass is 938 g/mol. The zero-order valence-corrected chi connectivity index (χ0v) is 41.0. The lowest BCUT2D eigenvalue weighted by Crippen LogP contribution is -2.64. The number of rotatable bonds is 20. The number of carbonyl (C=O) groups is 7. The molecule has 0 aliphatic carbocycles. The summed E-state index contributed by atoms with van der Waals surface area (Å²) in [4.78, 5) is 91.6. The average Bonchev–Trinajstić information content (AvgIpc) is 3.80. The summed E-state index contributed by atoms with van der Waals surface area (Å²) in [6, 6.07) is -2.18. The van der Waals surface area contributed by atoms with Crippen LogP contribution in [0.15, 0.2) is 34.3 Å². The maximum Gasteiger partial charge on any atom is 0.220 e. The summed E-state index contributed by atoms with van der Waals surface area (Å²) >= 11 is 0. The first-order chi connectivity index (χ1) is 30.9. The number of nitrogens with two attached hydrogens (primary N) is 6. The Labute approximate surface area is 395 Å². The third kappa shape index (κ3) is 10.0. The highest BCUT2D eigenvalue weighted by atomic mass is 16.3. The third-order valence-corrected chi connectivity index (χ3v) is 17.2. The fraction of sp³-hybridized carbons (Fsp3) is 0.729. The Morgan fingerprint density at radius 3 is 1.73 bits per heavy atom. The van der Waals surface area contributed by atoms with Crippen molar-refractivity contribution >= 4 is 41.4 Å². The van der Waals surface area contributed by atoms with Crippen molar-refractivity contribution in [3.63, 3.8) is 0 Å². The van der Waals surface area contributed by atoms with Gasteiger partial charge in [0.15, 0.2) is 0 Å². The lowest BCUT2D eigenvalue weighted by molar-refractivity contribution is -0.124. The number of aliphatic hydroxyl groups is 1. The number of hydrogen-bond donors (Lipinski definition) is 12. The van der Waals surface area contributed by atoms with Crippen LogP contribution in [0.2, 0.25) is 0 Å². The van der Waals surface area contributed by atoms with E-state index in [2.05, 4.69) is 46.5 Å². The predicted molar refractivity (Wildman–Crippen MR) is 252 cm³/mol. The Hall–Kier alpha value is -5.17. The second-order valence-corrected chi connectivity index (χ2v) is 22.1. The highest BCUT2D eigenvalue weighted by molar-refractivity contribution is 5.78. The molecule has 0 aromatic rings. The van der Waals surface area contributed by atoms with Crippen LogP contribution in [0.5, 0.6) is 0 Å². The molecule has 7 amide bonds. The summed E-state index contributed by atoms with van der Waals surface area (Å²) < 4.78 is 0. The van der Waals surface area contributed by atoms with E-state index in [1.807, 2.05) is 41.5 Å². The van der Waals surface area contributed by atoms with Gasteiger partial charge in [-0.05, 0) is 87.3 Å². The minimum Gasteiger partial charge on any atom is -0.392 e. The van der Waals surface area contributed by atoms with Crippen LogP contribution in [0.25, 0.3) is 0 Å². The fourth-order valence-electron chi connectivity index (χ4n) is 13.4. The number of allylic oxidation sites excluding steroid dienone is 3. The molecule has 8 bridgehead atoms. The standard InChI is InChI=1S/C48H79N11O8/c1-23(60)22-55-38(67)16-17-45(6)29(18-35(52)64)43-48(9)47(8,21-37(54)66)28(12-15-34(51)63)40(59-48)25(3)42-46(7,20-36(53)65)26(10-13-32(49)61)30(56-42)19-31-44(4,5)27(11-14-33(50)62)39(57-31)24(2)41(45)58-43/h19,23,26-29,31,41-43,56-60H,10-18,20-22H2,1-9H3,(H2,49,61)(H2,50,62)(H2,51,63)(H2,52,64)(H2,53,65)(H2,54,66)(H,55,67)/b30-19+,39-24-,40-25+/t23-,26-,27-,28-,29+,31?,41?,42?,43-,45-,46+,47+,48+/m1/s1. The van der Waals surface area contributed by atoms with Crippen molar-refractivity contribution in [2.45, 2.75) is 169 Å². The number of fused-ring (bicyclic) bond motifs is 9. The molecule has 5 aliphatic heterocycles. The van der Waals surface area contributed by atoms with Gasteiger partial charge in [-0.1, -0.05) is 34.6 Å². The van der Waals surface area contributed by atoms with Crippen LogP contribution >= 0.6 is 0 Å². The van der Waals surface area contributed by atoms with Gasteiger partial charge in [0, 0.05) is 109 Å². The number of aliphatic hydroxyl groups excluding tert-OH is 1. The summed E-state index contributed by atoms with van der Waals surface area (Å²) in [7, 11) is 0. The molecule has 4 fully saturated rings. The Kier molecular flexibility index (Phi) is 15.3. The van der Waals surface area contributed by atoms with Gasteiger partial charge in [-0.15, -0.1) is 0 Å². The van der Waals surface area contributed by atoms with Crippen molar-refractivity contribution in [3.05, 3.63) is 34.3 Å². The molecule has 4 saturated heterocycles. The maximum atomic E-state index is 13.5. The molecule has 0 radical (unpaired) electrons. The van der Waals surface area contributed by atoms with Gasteiger partial charge in [-0.2, -0.15) is 0 Å². The second-order valence-electron chi connectivity index (χ2n) is 22.1. The fourth-order valence-corrected chi connectivity index (χ4v) is 13.4. The molecule has 19 heteroatoms. The number of amides is 7. The van der Waals surface area contributed by atoms with Crippen LogP contribution in [-0.2, 0) is 33.6 Å². The number of carbonyl (C=O) groups excluding carboxylic acids is 7. The minimum absolute atomic E-state index is 0.0213. The van der Waals surface area contributed by atoms with Crippen molar-refractivity contribution in [2.24, 2.45) is 79.7 Å². The first-order valence-electron chi connectivity index (χ1n) is 23.8. The predicted octanol–water partition coefficient (Wildman–Crippen LogP) is 0.288. The van der Waals surface area contributed by atoms with Gasteiger partial charge in [-0.25, -0.2) is 0 Å². The third-order valence-electron chi connectivity index (χ3n) is 17.2. The second kappa shape index (κ2) is 19.4. The SMILES string of the molecule is C/C1=C2/NC(/C=C3/NC(/C(C)=C4/N[C@@](C)([C@@H]5NC1[C@](C)(CCC(=O)NC[C@@H](C)O)[C@H]5CC(N)=O)[C@@](C)(CC(N)=O)[C@@H]4CCC(N)=O)[C@@](C)(CC(N)=O)[C@@H]3CCC(N)=O)C(C)(C)[C@@H]2CCC(N)=O. The van der Waals surface area contributed by atoms with Crippen LogP contribution in [0.3, 0.4) is 0 Å². The van der Waals surface area contributed by atoms with Gasteiger partial charge in [0.2, 0.25) is 41.4 Å². The van der Waals surface area contributed by atoms with Gasteiger partial charge in [0.05, 0.1) is 23.7 Å². The first kappa shape index (κ1) is 52.8. The Balaban J connectivity index is 1.94. The van der Waals surface area contributed by atoms with E-state index in [4.69, 9.17) is 34.4 Å². The van der Waals surface area contributed by atoms with Crippen LogP contribution < -0.4 is 61.0 Å². The van der Waals surface area contributed by atoms with Crippen molar-refractivity contribution in [1.82, 2.24) is 26.6 Å². The summed E-state index contributed by atoms with van der Waals surface area (Å²) in [6.45, 7) is 17.8. The molecule has 374 valence electrons. The highest BCUT2D eigenvalue weighted by Crippen LogP contribution is 2.62.